The van der Waals surface area contributed by atoms with Crippen LogP contribution in [0.1, 0.15) is 92.4 Å². The molecular formula is C43H61NO10. The van der Waals surface area contributed by atoms with E-state index in [2.05, 4.69) is 44.2 Å². The second kappa shape index (κ2) is 16.1. The molecule has 7 aliphatic rings. The second-order valence-corrected chi connectivity index (χ2v) is 17.1. The number of hydrogen-bond acceptors (Lipinski definition) is 11. The summed E-state index contributed by atoms with van der Waals surface area (Å²) < 4.78 is 38.8. The van der Waals surface area contributed by atoms with Gasteiger partial charge in [0.1, 0.15) is 35.5 Å². The van der Waals surface area contributed by atoms with Crippen molar-refractivity contribution < 1.29 is 48.6 Å². The summed E-state index contributed by atoms with van der Waals surface area (Å²) in [5.41, 5.74) is 0.522. The molecule has 2 aliphatic carbocycles. The van der Waals surface area contributed by atoms with Gasteiger partial charge in [-0.2, -0.15) is 0 Å². The molecule has 2 bridgehead atoms. The predicted molar refractivity (Wildman–Crippen MR) is 202 cm³/mol. The van der Waals surface area contributed by atoms with Crippen LogP contribution in [0.25, 0.3) is 0 Å². The van der Waals surface area contributed by atoms with Crippen LogP contribution in [0.15, 0.2) is 64.4 Å². The summed E-state index contributed by atoms with van der Waals surface area (Å²) in [5, 5.41) is 36.8. The maximum Gasteiger partial charge on any atom is 0.316 e. The van der Waals surface area contributed by atoms with Crippen molar-refractivity contribution in [1.29, 1.82) is 0 Å². The fraction of sp³-hybridized carbons (Fsp3) is 0.721. The van der Waals surface area contributed by atoms with Crippen molar-refractivity contribution in [3.8, 4) is 0 Å². The molecule has 7 rings (SSSR count). The molecule has 14 atom stereocenters. The molecule has 1 unspecified atom stereocenters. The van der Waals surface area contributed by atoms with Gasteiger partial charge < -0.3 is 43.8 Å². The highest BCUT2D eigenvalue weighted by Crippen LogP contribution is 2.47. The number of ether oxygens (including phenoxy) is 6. The number of rotatable bonds is 3. The number of aliphatic hydroxyl groups is 2. The molecule has 1 spiro atoms. The van der Waals surface area contributed by atoms with Crippen LogP contribution >= 0.6 is 0 Å². The minimum absolute atomic E-state index is 0.00278. The minimum atomic E-state index is -1.83. The smallest absolute Gasteiger partial charge is 0.316 e. The summed E-state index contributed by atoms with van der Waals surface area (Å²) in [5.74, 6) is -2.15. The Labute approximate surface area is 320 Å². The molecule has 54 heavy (non-hydrogen) atoms. The first-order chi connectivity index (χ1) is 25.9. The summed E-state index contributed by atoms with van der Waals surface area (Å²) in [7, 11) is 1.63. The first kappa shape index (κ1) is 39.6. The van der Waals surface area contributed by atoms with Crippen molar-refractivity contribution >= 4 is 11.7 Å². The number of carbonyl (C=O) groups is 1. The molecule has 0 radical (unpaired) electrons. The van der Waals surface area contributed by atoms with Crippen LogP contribution < -0.4 is 0 Å². The molecule has 5 heterocycles. The van der Waals surface area contributed by atoms with E-state index >= 15 is 0 Å². The van der Waals surface area contributed by atoms with Gasteiger partial charge in [0, 0.05) is 38.2 Å². The molecule has 0 aromatic rings. The van der Waals surface area contributed by atoms with Crippen molar-refractivity contribution in [1.82, 2.24) is 0 Å². The van der Waals surface area contributed by atoms with E-state index in [1.54, 1.807) is 26.2 Å². The normalized spacial score (nSPS) is 48.3. The number of oxime groups is 1. The Bertz CT molecular complexity index is 1580. The zero-order valence-electron chi connectivity index (χ0n) is 32.8. The third-order valence-electron chi connectivity index (χ3n) is 13.5. The lowest BCUT2D eigenvalue weighted by Gasteiger charge is -2.49. The van der Waals surface area contributed by atoms with Crippen LogP contribution in [0.2, 0.25) is 0 Å². The first-order valence-electron chi connectivity index (χ1n) is 20.3. The van der Waals surface area contributed by atoms with Gasteiger partial charge in [0.25, 0.3) is 0 Å². The lowest BCUT2D eigenvalue weighted by atomic mass is 9.71. The Morgan fingerprint density at radius 1 is 1.00 bits per heavy atom. The molecule has 3 saturated heterocycles. The molecular weight excluding hydrogens is 690 g/mol. The number of carbonyl (C=O) groups excluding carboxylic acids is 1. The number of allylic oxidation sites excluding steroid dienone is 3. The maximum absolute atomic E-state index is 14.4. The van der Waals surface area contributed by atoms with Crippen molar-refractivity contribution in [2.24, 2.45) is 34.7 Å². The first-order valence-corrected chi connectivity index (χ1v) is 20.3. The number of nitrogens with zero attached hydrogens (tertiary/aromatic N) is 1. The van der Waals surface area contributed by atoms with E-state index in [1.807, 2.05) is 19.1 Å². The Morgan fingerprint density at radius 3 is 2.52 bits per heavy atom. The Kier molecular flexibility index (Phi) is 11.8. The van der Waals surface area contributed by atoms with E-state index in [0.29, 0.717) is 42.7 Å². The van der Waals surface area contributed by atoms with Crippen LogP contribution in [-0.4, -0.2) is 101 Å². The van der Waals surface area contributed by atoms with E-state index in [0.717, 1.165) is 18.4 Å². The van der Waals surface area contributed by atoms with Gasteiger partial charge in [-0.15, -0.1) is 0 Å². The van der Waals surface area contributed by atoms with Gasteiger partial charge in [0.2, 0.25) is 0 Å². The minimum Gasteiger partial charge on any atom is -0.462 e. The number of fused-ring (bicyclic) bond motifs is 2. The third kappa shape index (κ3) is 7.46. The van der Waals surface area contributed by atoms with Crippen LogP contribution in [0.4, 0.5) is 0 Å². The molecule has 3 N–H and O–H groups in total. The van der Waals surface area contributed by atoms with E-state index < -0.39 is 47.7 Å². The third-order valence-corrected chi connectivity index (χ3v) is 13.5. The second-order valence-electron chi connectivity index (χ2n) is 17.1. The molecule has 0 aromatic carbocycles. The predicted octanol–water partition coefficient (Wildman–Crippen LogP) is 6.12. The van der Waals surface area contributed by atoms with Gasteiger partial charge in [-0.3, -0.25) is 4.79 Å². The Hall–Kier alpha value is -2.64. The van der Waals surface area contributed by atoms with E-state index in [9.17, 15) is 20.2 Å². The van der Waals surface area contributed by atoms with Crippen molar-refractivity contribution in [3.05, 3.63) is 59.3 Å². The SMILES string of the molecule is CO[C@H]1C[C@H](C2/C(C)=C/C[C@@H]3C[C@@H](C[C@]4(C=C[C@H](C)[C@@H](C5CCCCC5)O4)O3)OC(=O)[C@@H]3C=C(C)/C(=N\O)[C@H]4OC/C(=C\C=C\[C@@H]2C)[C@]43O)O[C@@H](C)[C@@H]1O. The van der Waals surface area contributed by atoms with Crippen LogP contribution in [-0.2, 0) is 33.2 Å². The molecule has 298 valence electrons. The highest BCUT2D eigenvalue weighted by Gasteiger charge is 2.60. The van der Waals surface area contributed by atoms with Crippen molar-refractivity contribution in [2.75, 3.05) is 13.7 Å². The zero-order chi connectivity index (χ0) is 38.4. The van der Waals surface area contributed by atoms with Crippen molar-refractivity contribution in [3.63, 3.8) is 0 Å². The summed E-state index contributed by atoms with van der Waals surface area (Å²) in [6.07, 6.45) is 18.0. The van der Waals surface area contributed by atoms with Gasteiger partial charge in [-0.25, -0.2) is 0 Å². The highest BCUT2D eigenvalue weighted by molar-refractivity contribution is 6.06. The van der Waals surface area contributed by atoms with Crippen LogP contribution in [0.5, 0.6) is 0 Å². The lowest BCUT2D eigenvalue weighted by molar-refractivity contribution is -0.301. The molecule has 1 saturated carbocycles. The fourth-order valence-electron chi connectivity index (χ4n) is 10.5. The summed E-state index contributed by atoms with van der Waals surface area (Å²) in [6.45, 7) is 10.2. The standard InChI is InChI=1S/C43H61NO10/c1-24-11-10-14-30-23-50-40-37(44-48)27(4)19-33(43(30,40)47)41(46)52-32-20-31(16-15-25(2)36(24)34-21-35(49-6)38(45)28(5)51-34)53-42(22-32)18-17-26(3)39(54-42)29-12-8-7-9-13-29/h10-11,14-15,17-19,24,26,28-29,31-36,38-40,45,47-48H,7-9,12-13,16,20-23H2,1-6H3/b11-10+,25-15+,30-14+,44-37+/t24-,26-,28-,31+,32-,33-,34+,35-,36?,38-,39-,40+,42+,43+/m0/s1. The van der Waals surface area contributed by atoms with Gasteiger partial charge in [-0.05, 0) is 69.1 Å². The number of esters is 1. The molecule has 0 aromatic heterocycles. The molecule has 5 aliphatic heterocycles. The average Bonchev–Trinajstić information content (AvgIpc) is 3.49. The van der Waals surface area contributed by atoms with Gasteiger partial charge in [0.05, 0.1) is 37.1 Å². The largest absolute Gasteiger partial charge is 0.462 e. The van der Waals surface area contributed by atoms with E-state index in [-0.39, 0.29) is 54.5 Å². The highest BCUT2D eigenvalue weighted by atomic mass is 16.7. The average molecular weight is 752 g/mol. The quantitative estimate of drug-likeness (QED) is 0.134. The summed E-state index contributed by atoms with van der Waals surface area (Å²) in [4.78, 5) is 14.4. The topological polar surface area (TPSA) is 146 Å². The van der Waals surface area contributed by atoms with Crippen LogP contribution in [0, 0.1) is 29.6 Å². The van der Waals surface area contributed by atoms with Gasteiger partial charge >= 0.3 is 5.97 Å². The van der Waals surface area contributed by atoms with Gasteiger partial charge in [0.15, 0.2) is 5.79 Å². The summed E-state index contributed by atoms with van der Waals surface area (Å²) >= 11 is 0. The maximum atomic E-state index is 14.4. The van der Waals surface area contributed by atoms with Crippen molar-refractivity contribution in [2.45, 2.75) is 153 Å². The molecule has 4 fully saturated rings. The number of aliphatic hydroxyl groups excluding tert-OH is 1. The molecule has 0 amide bonds. The zero-order valence-corrected chi connectivity index (χ0v) is 32.8. The number of hydrogen-bond donors (Lipinski definition) is 3. The molecule has 11 heteroatoms. The van der Waals surface area contributed by atoms with Crippen LogP contribution in [0.3, 0.4) is 0 Å². The number of methoxy groups -OCH3 is 1. The van der Waals surface area contributed by atoms with E-state index in [4.69, 9.17) is 28.4 Å². The monoisotopic (exact) mass is 751 g/mol. The Balaban J connectivity index is 1.28. The van der Waals surface area contributed by atoms with E-state index in [1.165, 1.54) is 19.3 Å². The lowest BCUT2D eigenvalue weighted by Crippen LogP contribution is -2.57. The Morgan fingerprint density at radius 2 is 1.78 bits per heavy atom. The summed E-state index contributed by atoms with van der Waals surface area (Å²) in [6, 6.07) is 0. The fourth-order valence-corrected chi connectivity index (χ4v) is 10.5. The van der Waals surface area contributed by atoms with Gasteiger partial charge in [-0.1, -0.05) is 80.3 Å². The molecule has 11 nitrogen and oxygen atoms in total.